The number of nitrogens with two attached hydrogens (primary N) is 1. The first-order chi connectivity index (χ1) is 15.3. The van der Waals surface area contributed by atoms with E-state index in [1.54, 1.807) is 0 Å². The first-order valence-electron chi connectivity index (χ1n) is 10.0. The third-order valence-electron chi connectivity index (χ3n) is 4.62. The average Bonchev–Trinajstić information content (AvgIpc) is 2.77. The van der Waals surface area contributed by atoms with Crippen LogP contribution >= 0.6 is 7.37 Å². The first kappa shape index (κ1) is 24.0. The molecule has 0 radical (unpaired) electrons. The lowest BCUT2D eigenvalue weighted by Crippen LogP contribution is -2.19. The lowest BCUT2D eigenvalue weighted by atomic mass is 10.2. The van der Waals surface area contributed by atoms with Crippen LogP contribution in [-0.4, -0.2) is 27.4 Å². The highest BCUT2D eigenvalue weighted by Crippen LogP contribution is 2.48. The Morgan fingerprint density at radius 3 is 2.09 bits per heavy atom. The number of nitrogens with one attached hydrogen (secondary N) is 1. The molecule has 170 valence electrons. The monoisotopic (exact) mass is 474 g/mol. The van der Waals surface area contributed by atoms with Crippen LogP contribution < -0.4 is 15.8 Å². The highest BCUT2D eigenvalue weighted by molar-refractivity contribution is 7.92. The van der Waals surface area contributed by atoms with E-state index in [9.17, 15) is 13.0 Å². The minimum absolute atomic E-state index is 0.0964. The van der Waals surface area contributed by atoms with E-state index < -0.39 is 17.4 Å². The molecule has 0 fully saturated rings. The Bertz CT molecular complexity index is 1170. The van der Waals surface area contributed by atoms with E-state index >= 15 is 0 Å². The van der Waals surface area contributed by atoms with Gasteiger partial charge < -0.3 is 15.0 Å². The van der Waals surface area contributed by atoms with Crippen LogP contribution in [0.4, 0.5) is 11.4 Å². The van der Waals surface area contributed by atoms with Crippen molar-refractivity contribution in [3.8, 4) is 0 Å². The van der Waals surface area contributed by atoms with Gasteiger partial charge in [0.2, 0.25) is 17.4 Å². The molecule has 1 atom stereocenters. The predicted molar refractivity (Wildman–Crippen MR) is 129 cm³/mol. The van der Waals surface area contributed by atoms with Crippen molar-refractivity contribution in [2.24, 2.45) is 0 Å². The van der Waals surface area contributed by atoms with Crippen LogP contribution in [-0.2, 0) is 37.1 Å². The summed E-state index contributed by atoms with van der Waals surface area (Å²) in [6.07, 6.45) is 1.14. The third-order valence-corrected chi connectivity index (χ3v) is 7.67. The highest BCUT2D eigenvalue weighted by atomic mass is 32.2. The summed E-state index contributed by atoms with van der Waals surface area (Å²) in [6.45, 7) is 0.689. The number of rotatable bonds is 11. The van der Waals surface area contributed by atoms with E-state index in [1.807, 2.05) is 60.7 Å². The number of nitrogen functional groups attached to an aromatic ring is 1. The van der Waals surface area contributed by atoms with E-state index in [1.165, 1.54) is 18.2 Å². The number of sulfonamides is 1. The molecular formula is C23H27N2O5PS. The van der Waals surface area contributed by atoms with Gasteiger partial charge >= 0.3 is 0 Å². The van der Waals surface area contributed by atoms with Gasteiger partial charge in [0.1, 0.15) is 0 Å². The highest BCUT2D eigenvalue weighted by Gasteiger charge is 2.29. The molecule has 9 heteroatoms. The van der Waals surface area contributed by atoms with Gasteiger partial charge in [-0.3, -0.25) is 9.29 Å². The summed E-state index contributed by atoms with van der Waals surface area (Å²) in [5.74, 6) is 0. The van der Waals surface area contributed by atoms with Crippen molar-refractivity contribution in [3.05, 3.63) is 90.0 Å². The van der Waals surface area contributed by atoms with Gasteiger partial charge in [-0.2, -0.15) is 0 Å². The Morgan fingerprint density at radius 2 is 1.50 bits per heavy atom. The molecule has 1 unspecified atom stereocenters. The Morgan fingerprint density at radius 1 is 0.906 bits per heavy atom. The number of anilines is 2. The molecule has 32 heavy (non-hydrogen) atoms. The van der Waals surface area contributed by atoms with Crippen molar-refractivity contribution in [2.75, 3.05) is 29.5 Å². The van der Waals surface area contributed by atoms with Gasteiger partial charge in [0.25, 0.3) is 0 Å². The maximum atomic E-state index is 14.0. The quantitative estimate of drug-likeness (QED) is 0.247. The Balaban J connectivity index is 1.80. The van der Waals surface area contributed by atoms with Crippen molar-refractivity contribution >= 4 is 34.1 Å². The summed E-state index contributed by atoms with van der Waals surface area (Å²) < 4.78 is 51.3. The van der Waals surface area contributed by atoms with Crippen LogP contribution in [0.5, 0.6) is 0 Å². The van der Waals surface area contributed by atoms with Crippen molar-refractivity contribution in [1.82, 2.24) is 0 Å². The van der Waals surface area contributed by atoms with Crippen molar-refractivity contribution in [1.29, 1.82) is 0 Å². The van der Waals surface area contributed by atoms with E-state index in [-0.39, 0.29) is 36.1 Å². The molecule has 0 bridgehead atoms. The molecule has 3 rings (SSSR count). The maximum absolute atomic E-state index is 14.0. The molecule has 0 aliphatic heterocycles. The fourth-order valence-electron chi connectivity index (χ4n) is 3.07. The summed E-state index contributed by atoms with van der Waals surface area (Å²) >= 11 is 0. The normalized spacial score (nSPS) is 13.4. The summed E-state index contributed by atoms with van der Waals surface area (Å²) in [5, 5.41) is 0.269. The van der Waals surface area contributed by atoms with Gasteiger partial charge in [-0.1, -0.05) is 60.7 Å². The lowest BCUT2D eigenvalue weighted by molar-refractivity contribution is 0.133. The van der Waals surface area contributed by atoms with Gasteiger partial charge in [-0.05, 0) is 29.3 Å². The zero-order valence-electron chi connectivity index (χ0n) is 17.8. The second-order valence-corrected chi connectivity index (χ2v) is 11.6. The molecule has 7 nitrogen and oxygen atoms in total. The lowest BCUT2D eigenvalue weighted by Gasteiger charge is -2.21. The zero-order valence-corrected chi connectivity index (χ0v) is 19.5. The van der Waals surface area contributed by atoms with Crippen LogP contribution in [0.1, 0.15) is 11.1 Å². The second-order valence-electron chi connectivity index (χ2n) is 7.34. The van der Waals surface area contributed by atoms with Crippen molar-refractivity contribution in [2.45, 2.75) is 13.2 Å². The second kappa shape index (κ2) is 10.8. The molecule has 3 aromatic carbocycles. The van der Waals surface area contributed by atoms with Crippen molar-refractivity contribution < 1.29 is 22.2 Å². The van der Waals surface area contributed by atoms with Crippen LogP contribution in [0.3, 0.4) is 0 Å². The minimum atomic E-state index is -3.51. The van der Waals surface area contributed by atoms with Crippen LogP contribution in [0.15, 0.2) is 78.9 Å². The number of ether oxygens (including phenoxy) is 1. The molecule has 0 heterocycles. The molecule has 0 aromatic heterocycles. The number of benzene rings is 3. The predicted octanol–water partition coefficient (Wildman–Crippen LogP) is 3.98. The molecule has 0 amide bonds. The SMILES string of the molecule is CS(=O)(=O)Nc1ccc(N)c(P(=O)(CCOCc2ccccc2)OCc2ccccc2)c1. The van der Waals surface area contributed by atoms with Gasteiger partial charge in [-0.15, -0.1) is 0 Å². The van der Waals surface area contributed by atoms with Crippen LogP contribution in [0.25, 0.3) is 0 Å². The Labute approximate surface area is 189 Å². The smallest absolute Gasteiger partial charge is 0.236 e. The van der Waals surface area contributed by atoms with E-state index in [2.05, 4.69) is 4.72 Å². The molecule has 0 saturated carbocycles. The fraction of sp³-hybridized carbons (Fsp3) is 0.217. The summed E-state index contributed by atoms with van der Waals surface area (Å²) in [7, 11) is -6.98. The molecule has 3 N–H and O–H groups in total. The van der Waals surface area contributed by atoms with Crippen LogP contribution in [0.2, 0.25) is 0 Å². The Kier molecular flexibility index (Phi) is 8.10. The van der Waals surface area contributed by atoms with Crippen LogP contribution in [0, 0.1) is 0 Å². The fourth-order valence-corrected chi connectivity index (χ4v) is 5.67. The van der Waals surface area contributed by atoms with Gasteiger partial charge in [0.05, 0.1) is 37.5 Å². The molecule has 0 spiro atoms. The molecule has 0 saturated heterocycles. The van der Waals surface area contributed by atoms with Gasteiger partial charge in [0.15, 0.2) is 0 Å². The standard InChI is InChI=1S/C23H27N2O5PS/c1-32(27,28)25-21-12-13-22(24)23(16-21)31(26,30-18-20-10-6-3-7-11-20)15-14-29-17-19-8-4-2-5-9-19/h2-13,16,25H,14-15,17-18,24H2,1H3. The topological polar surface area (TPSA) is 108 Å². The minimum Gasteiger partial charge on any atom is -0.398 e. The third kappa shape index (κ3) is 7.21. The molecular weight excluding hydrogens is 447 g/mol. The van der Waals surface area contributed by atoms with E-state index in [4.69, 9.17) is 15.0 Å². The zero-order chi connectivity index (χ0) is 23.0. The number of hydrogen-bond acceptors (Lipinski definition) is 6. The summed E-state index contributed by atoms with van der Waals surface area (Å²) in [5.41, 5.74) is 8.54. The van der Waals surface area contributed by atoms with Gasteiger partial charge in [0, 0.05) is 11.4 Å². The molecule has 0 aliphatic carbocycles. The summed E-state index contributed by atoms with van der Waals surface area (Å²) in [6, 6.07) is 23.6. The largest absolute Gasteiger partial charge is 0.398 e. The van der Waals surface area contributed by atoms with E-state index in [0.717, 1.165) is 17.4 Å². The van der Waals surface area contributed by atoms with Gasteiger partial charge in [-0.25, -0.2) is 8.42 Å². The average molecular weight is 475 g/mol. The number of hydrogen-bond donors (Lipinski definition) is 2. The molecule has 3 aromatic rings. The Hall–Kier alpha value is -2.64. The molecule has 0 aliphatic rings. The summed E-state index contributed by atoms with van der Waals surface area (Å²) in [4.78, 5) is 0. The van der Waals surface area contributed by atoms with Crippen molar-refractivity contribution in [3.63, 3.8) is 0 Å². The first-order valence-corrected chi connectivity index (χ1v) is 13.7. The maximum Gasteiger partial charge on any atom is 0.236 e. The van der Waals surface area contributed by atoms with E-state index in [0.29, 0.717) is 6.61 Å².